The Morgan fingerprint density at radius 2 is 1.94 bits per heavy atom. The minimum absolute atomic E-state index is 0.0456. The number of aromatic nitrogens is 1. The summed E-state index contributed by atoms with van der Waals surface area (Å²) in [6, 6.07) is 15.3. The molecule has 3 amide bonds. The first-order valence-electron chi connectivity index (χ1n) is 12.0. The van der Waals surface area contributed by atoms with Crippen LogP contribution in [0.4, 0.5) is 0 Å². The molecule has 1 aromatic heterocycles. The third kappa shape index (κ3) is 4.25. The molecule has 1 unspecified atom stereocenters. The fourth-order valence-electron chi connectivity index (χ4n) is 5.30. The maximum Gasteiger partial charge on any atom is 0.255 e. The van der Waals surface area contributed by atoms with E-state index < -0.39 is 11.9 Å². The standard InChI is InChI=1S/C27H26N4O4/c32-25-8-7-24(26(33)29-25)31-15-19-5-6-20(12-22(19)27(31)34)35-21-9-10-30(16-21)14-17-11-18-3-1-2-4-23(18)28-13-17/h1-6,11-13,21,24H,7-10,14-16H2,(H,29,32,33)/t21-,24?/m1/s1. The Bertz CT molecular complexity index is 1340. The van der Waals surface area contributed by atoms with Gasteiger partial charge in [0.05, 0.1) is 5.52 Å². The number of imide groups is 1. The number of piperidine rings is 1. The molecule has 0 saturated carbocycles. The molecule has 4 heterocycles. The number of benzene rings is 2. The number of likely N-dealkylation sites (tertiary alicyclic amines) is 1. The highest BCUT2D eigenvalue weighted by atomic mass is 16.5. The van der Waals surface area contributed by atoms with Gasteiger partial charge in [0.25, 0.3) is 5.91 Å². The van der Waals surface area contributed by atoms with Crippen LogP contribution in [0.15, 0.2) is 54.7 Å². The van der Waals surface area contributed by atoms with Gasteiger partial charge < -0.3 is 9.64 Å². The number of hydrogen-bond donors (Lipinski definition) is 1. The van der Waals surface area contributed by atoms with Gasteiger partial charge in [0.2, 0.25) is 11.8 Å². The molecule has 0 aliphatic carbocycles. The van der Waals surface area contributed by atoms with Crippen LogP contribution in [-0.4, -0.2) is 57.7 Å². The Hall–Kier alpha value is -3.78. The molecule has 35 heavy (non-hydrogen) atoms. The molecule has 2 atom stereocenters. The summed E-state index contributed by atoms with van der Waals surface area (Å²) in [5.41, 5.74) is 3.63. The maximum atomic E-state index is 13.1. The van der Waals surface area contributed by atoms with Crippen LogP contribution in [0.25, 0.3) is 10.9 Å². The lowest BCUT2D eigenvalue weighted by molar-refractivity contribution is -0.136. The van der Waals surface area contributed by atoms with Crippen molar-refractivity contribution in [2.75, 3.05) is 13.1 Å². The lowest BCUT2D eigenvalue weighted by atomic mass is 10.0. The molecule has 0 spiro atoms. The second kappa shape index (κ2) is 8.78. The highest BCUT2D eigenvalue weighted by Crippen LogP contribution is 2.31. The van der Waals surface area contributed by atoms with Gasteiger partial charge in [0.1, 0.15) is 17.9 Å². The number of nitrogens with one attached hydrogen (secondary N) is 1. The van der Waals surface area contributed by atoms with E-state index in [1.807, 2.05) is 36.5 Å². The second-order valence-electron chi connectivity index (χ2n) is 9.52. The van der Waals surface area contributed by atoms with Gasteiger partial charge in [-0.1, -0.05) is 24.3 Å². The first kappa shape index (κ1) is 21.7. The number of hydrogen-bond acceptors (Lipinski definition) is 6. The fraction of sp³-hybridized carbons (Fsp3) is 0.333. The fourth-order valence-corrected chi connectivity index (χ4v) is 5.30. The van der Waals surface area contributed by atoms with Crippen LogP contribution in [0.2, 0.25) is 0 Å². The summed E-state index contributed by atoms with van der Waals surface area (Å²) >= 11 is 0. The molecule has 2 aromatic carbocycles. The van der Waals surface area contributed by atoms with Crippen molar-refractivity contribution in [1.29, 1.82) is 0 Å². The van der Waals surface area contributed by atoms with Crippen LogP contribution in [-0.2, 0) is 22.7 Å². The predicted octanol–water partition coefficient (Wildman–Crippen LogP) is 2.65. The number of carbonyl (C=O) groups excluding carboxylic acids is 3. The lowest BCUT2D eigenvalue weighted by Crippen LogP contribution is -2.52. The van der Waals surface area contributed by atoms with Crippen LogP contribution in [0.1, 0.15) is 40.7 Å². The lowest BCUT2D eigenvalue weighted by Gasteiger charge is -2.29. The first-order valence-corrected chi connectivity index (χ1v) is 12.0. The van der Waals surface area contributed by atoms with Crippen molar-refractivity contribution in [2.45, 2.75) is 44.5 Å². The maximum absolute atomic E-state index is 13.1. The predicted molar refractivity (Wildman–Crippen MR) is 129 cm³/mol. The highest BCUT2D eigenvalue weighted by Gasteiger charge is 2.39. The minimum Gasteiger partial charge on any atom is -0.489 e. The van der Waals surface area contributed by atoms with Gasteiger partial charge in [0.15, 0.2) is 0 Å². The quantitative estimate of drug-likeness (QED) is 0.577. The molecule has 8 heteroatoms. The van der Waals surface area contributed by atoms with E-state index in [1.165, 1.54) is 5.56 Å². The zero-order chi connectivity index (χ0) is 23.9. The Kier molecular flexibility index (Phi) is 5.45. The van der Waals surface area contributed by atoms with E-state index in [0.717, 1.165) is 42.5 Å². The summed E-state index contributed by atoms with van der Waals surface area (Å²) in [7, 11) is 0. The molecular weight excluding hydrogens is 444 g/mol. The smallest absolute Gasteiger partial charge is 0.255 e. The Labute approximate surface area is 202 Å². The van der Waals surface area contributed by atoms with E-state index in [2.05, 4.69) is 27.3 Å². The molecule has 6 rings (SSSR count). The van der Waals surface area contributed by atoms with Gasteiger partial charge in [0, 0.05) is 49.7 Å². The van der Waals surface area contributed by atoms with Crippen molar-refractivity contribution in [3.63, 3.8) is 0 Å². The number of nitrogens with zero attached hydrogens (tertiary/aromatic N) is 3. The normalized spacial score (nSPS) is 22.5. The average Bonchev–Trinajstić information content (AvgIpc) is 3.43. The number of rotatable bonds is 5. The monoisotopic (exact) mass is 470 g/mol. The zero-order valence-corrected chi connectivity index (χ0v) is 19.3. The summed E-state index contributed by atoms with van der Waals surface area (Å²) in [5.74, 6) is -0.196. The number of amides is 3. The average molecular weight is 471 g/mol. The molecule has 0 bridgehead atoms. The summed E-state index contributed by atoms with van der Waals surface area (Å²) in [5, 5.41) is 3.48. The van der Waals surface area contributed by atoms with Gasteiger partial charge in [-0.2, -0.15) is 0 Å². The third-order valence-corrected chi connectivity index (χ3v) is 7.08. The Morgan fingerprint density at radius 1 is 1.06 bits per heavy atom. The minimum atomic E-state index is -0.607. The van der Waals surface area contributed by atoms with E-state index in [9.17, 15) is 14.4 Å². The number of pyridine rings is 1. The van der Waals surface area contributed by atoms with E-state index in [-0.39, 0.29) is 24.3 Å². The molecule has 1 N–H and O–H groups in total. The number of para-hydroxylation sites is 1. The summed E-state index contributed by atoms with van der Waals surface area (Å²) in [4.78, 5) is 45.3. The van der Waals surface area contributed by atoms with Crippen molar-refractivity contribution in [2.24, 2.45) is 0 Å². The van der Waals surface area contributed by atoms with Gasteiger partial charge in [-0.15, -0.1) is 0 Å². The summed E-state index contributed by atoms with van der Waals surface area (Å²) < 4.78 is 6.25. The van der Waals surface area contributed by atoms with Crippen molar-refractivity contribution in [3.05, 3.63) is 71.4 Å². The van der Waals surface area contributed by atoms with Crippen LogP contribution >= 0.6 is 0 Å². The molecule has 3 aliphatic rings. The van der Waals surface area contributed by atoms with Gasteiger partial charge in [-0.3, -0.25) is 29.6 Å². The molecule has 0 radical (unpaired) electrons. The van der Waals surface area contributed by atoms with Crippen LogP contribution < -0.4 is 10.1 Å². The van der Waals surface area contributed by atoms with Crippen molar-refractivity contribution >= 4 is 28.6 Å². The zero-order valence-electron chi connectivity index (χ0n) is 19.3. The first-order chi connectivity index (χ1) is 17.0. The third-order valence-electron chi connectivity index (χ3n) is 7.08. The van der Waals surface area contributed by atoms with Crippen LogP contribution in [0.3, 0.4) is 0 Å². The van der Waals surface area contributed by atoms with E-state index in [4.69, 9.17) is 4.74 Å². The van der Waals surface area contributed by atoms with Crippen molar-refractivity contribution in [3.8, 4) is 5.75 Å². The van der Waals surface area contributed by atoms with Crippen LogP contribution in [0, 0.1) is 0 Å². The topological polar surface area (TPSA) is 91.8 Å². The molecule has 8 nitrogen and oxygen atoms in total. The second-order valence-corrected chi connectivity index (χ2v) is 9.52. The molecule has 178 valence electrons. The largest absolute Gasteiger partial charge is 0.489 e. The number of fused-ring (bicyclic) bond motifs is 2. The summed E-state index contributed by atoms with van der Waals surface area (Å²) in [6.07, 6.45) is 3.51. The number of carbonyl (C=O) groups is 3. The molecule has 3 aliphatic heterocycles. The highest BCUT2D eigenvalue weighted by molar-refractivity contribution is 6.05. The van der Waals surface area contributed by atoms with Gasteiger partial charge in [-0.25, -0.2) is 0 Å². The van der Waals surface area contributed by atoms with E-state index in [0.29, 0.717) is 24.3 Å². The summed E-state index contributed by atoms with van der Waals surface area (Å²) in [6.45, 7) is 2.93. The van der Waals surface area contributed by atoms with E-state index in [1.54, 1.807) is 11.0 Å². The van der Waals surface area contributed by atoms with Gasteiger partial charge >= 0.3 is 0 Å². The van der Waals surface area contributed by atoms with Gasteiger partial charge in [-0.05, 0) is 48.2 Å². The van der Waals surface area contributed by atoms with Crippen molar-refractivity contribution < 1.29 is 19.1 Å². The molecular formula is C27H26N4O4. The van der Waals surface area contributed by atoms with Crippen LogP contribution in [0.5, 0.6) is 5.75 Å². The molecule has 2 fully saturated rings. The Morgan fingerprint density at radius 3 is 2.83 bits per heavy atom. The number of ether oxygens (including phenoxy) is 1. The molecule has 2 saturated heterocycles. The van der Waals surface area contributed by atoms with E-state index >= 15 is 0 Å². The Balaban J connectivity index is 1.09. The van der Waals surface area contributed by atoms with Crippen molar-refractivity contribution in [1.82, 2.24) is 20.1 Å². The molecule has 3 aromatic rings. The SMILES string of the molecule is O=C1CCC(N2Cc3ccc(O[C@@H]4CCN(Cc5cnc6ccccc6c5)C4)cc3C2=O)C(=O)N1.